The first-order chi connectivity index (χ1) is 8.84. The second kappa shape index (κ2) is 6.62. The van der Waals surface area contributed by atoms with Crippen LogP contribution in [-0.2, 0) is 0 Å². The number of hydrazone groups is 1. The van der Waals surface area contributed by atoms with Gasteiger partial charge in [-0.1, -0.05) is 48.0 Å². The Labute approximate surface area is 112 Å². The van der Waals surface area contributed by atoms with Crippen LogP contribution < -0.4 is 5.43 Å². The number of benzene rings is 2. The van der Waals surface area contributed by atoms with Crippen molar-refractivity contribution in [2.24, 2.45) is 5.10 Å². The number of hydrogen-bond donors (Lipinski definition) is 1. The predicted molar refractivity (Wildman–Crippen MR) is 79.0 cm³/mol. The summed E-state index contributed by atoms with van der Waals surface area (Å²) in [7, 11) is 0. The molecule has 0 atom stereocenters. The Morgan fingerprint density at radius 1 is 0.944 bits per heavy atom. The average molecular weight is 257 g/mol. The fraction of sp³-hybridized carbons (Fsp3) is 0. The molecule has 2 aromatic carbocycles. The van der Waals surface area contributed by atoms with Crippen LogP contribution in [0, 0.1) is 0 Å². The van der Waals surface area contributed by atoms with Gasteiger partial charge in [-0.15, -0.1) is 0 Å². The largest absolute Gasteiger partial charge is 0.279 e. The summed E-state index contributed by atoms with van der Waals surface area (Å²) in [4.78, 5) is 0. The van der Waals surface area contributed by atoms with E-state index in [1.165, 1.54) is 0 Å². The third-order valence-electron chi connectivity index (χ3n) is 2.29. The molecule has 0 fully saturated rings. The maximum absolute atomic E-state index is 5.80. The van der Waals surface area contributed by atoms with Crippen molar-refractivity contribution in [1.82, 2.24) is 0 Å². The first-order valence-corrected chi connectivity index (χ1v) is 5.99. The van der Waals surface area contributed by atoms with Gasteiger partial charge in [-0.2, -0.15) is 5.10 Å². The minimum absolute atomic E-state index is 0.742. The topological polar surface area (TPSA) is 24.4 Å². The highest BCUT2D eigenvalue weighted by Crippen LogP contribution is 2.10. The van der Waals surface area contributed by atoms with Gasteiger partial charge in [0.15, 0.2) is 0 Å². The van der Waals surface area contributed by atoms with Crippen LogP contribution in [0.2, 0.25) is 5.02 Å². The monoisotopic (exact) mass is 256 g/mol. The van der Waals surface area contributed by atoms with Crippen molar-refractivity contribution >= 4 is 29.6 Å². The van der Waals surface area contributed by atoms with Gasteiger partial charge in [0.05, 0.1) is 5.69 Å². The summed E-state index contributed by atoms with van der Waals surface area (Å²) in [6.07, 6.45) is 5.55. The van der Waals surface area contributed by atoms with E-state index in [0.29, 0.717) is 0 Å². The molecule has 2 aromatic rings. The molecule has 3 heteroatoms. The van der Waals surface area contributed by atoms with Crippen LogP contribution in [-0.4, -0.2) is 6.21 Å². The van der Waals surface area contributed by atoms with Crippen molar-refractivity contribution in [2.45, 2.75) is 0 Å². The van der Waals surface area contributed by atoms with Crippen molar-refractivity contribution in [3.05, 3.63) is 71.3 Å². The first kappa shape index (κ1) is 12.4. The second-order valence-electron chi connectivity index (χ2n) is 3.67. The summed E-state index contributed by atoms with van der Waals surface area (Å²) in [6, 6.07) is 17.4. The van der Waals surface area contributed by atoms with Gasteiger partial charge in [0.1, 0.15) is 0 Å². The lowest BCUT2D eigenvalue weighted by atomic mass is 10.2. The fourth-order valence-corrected chi connectivity index (χ4v) is 1.52. The lowest BCUT2D eigenvalue weighted by Crippen LogP contribution is -1.86. The van der Waals surface area contributed by atoms with Crippen LogP contribution in [0.4, 0.5) is 5.69 Å². The first-order valence-electron chi connectivity index (χ1n) is 5.61. The summed E-state index contributed by atoms with van der Waals surface area (Å²) in [6.45, 7) is 0. The van der Waals surface area contributed by atoms with Gasteiger partial charge in [0, 0.05) is 11.2 Å². The molecule has 0 aliphatic carbocycles. The van der Waals surface area contributed by atoms with Crippen molar-refractivity contribution < 1.29 is 0 Å². The van der Waals surface area contributed by atoms with Gasteiger partial charge in [0.25, 0.3) is 0 Å². The van der Waals surface area contributed by atoms with E-state index < -0.39 is 0 Å². The molecule has 0 spiro atoms. The van der Waals surface area contributed by atoms with E-state index in [9.17, 15) is 0 Å². The summed E-state index contributed by atoms with van der Waals surface area (Å²) in [5.41, 5.74) is 4.99. The Balaban J connectivity index is 1.86. The highest BCUT2D eigenvalue weighted by Gasteiger charge is 1.86. The molecule has 1 N–H and O–H groups in total. The summed E-state index contributed by atoms with van der Waals surface area (Å²) >= 11 is 5.80. The number of para-hydroxylation sites is 1. The highest BCUT2D eigenvalue weighted by molar-refractivity contribution is 6.30. The molecule has 0 aromatic heterocycles. The molecule has 2 nitrogen and oxygen atoms in total. The third-order valence-corrected chi connectivity index (χ3v) is 2.54. The fourth-order valence-electron chi connectivity index (χ4n) is 1.40. The molecular weight excluding hydrogens is 244 g/mol. The SMILES string of the molecule is Clc1ccc(C=CC=NNc2ccccc2)cc1. The van der Waals surface area contributed by atoms with Crippen molar-refractivity contribution in [1.29, 1.82) is 0 Å². The Kier molecular flexibility index (Phi) is 4.56. The number of hydrogen-bond acceptors (Lipinski definition) is 2. The lowest BCUT2D eigenvalue weighted by molar-refractivity contribution is 1.36. The zero-order chi connectivity index (χ0) is 12.6. The Morgan fingerprint density at radius 3 is 2.39 bits per heavy atom. The maximum atomic E-state index is 5.80. The smallest absolute Gasteiger partial charge is 0.0561 e. The molecule has 90 valence electrons. The van der Waals surface area contributed by atoms with Gasteiger partial charge in [-0.05, 0) is 35.9 Å². The Hall–Kier alpha value is -2.06. The summed E-state index contributed by atoms with van der Waals surface area (Å²) in [5.74, 6) is 0. The van der Waals surface area contributed by atoms with Crippen molar-refractivity contribution in [2.75, 3.05) is 5.43 Å². The standard InChI is InChI=1S/C15H13ClN2/c16-14-10-8-13(9-11-14)5-4-12-17-18-15-6-2-1-3-7-15/h1-12,18H. The van der Waals surface area contributed by atoms with Crippen LogP contribution in [0.25, 0.3) is 6.08 Å². The normalized spacial score (nSPS) is 11.2. The van der Waals surface area contributed by atoms with Gasteiger partial charge in [-0.3, -0.25) is 5.43 Å². The molecule has 18 heavy (non-hydrogen) atoms. The van der Waals surface area contributed by atoms with Gasteiger partial charge in [0.2, 0.25) is 0 Å². The van der Waals surface area contributed by atoms with Crippen LogP contribution >= 0.6 is 11.6 Å². The van der Waals surface area contributed by atoms with E-state index in [-0.39, 0.29) is 0 Å². The van der Waals surface area contributed by atoms with E-state index in [1.54, 1.807) is 6.21 Å². The summed E-state index contributed by atoms with van der Waals surface area (Å²) < 4.78 is 0. The Bertz CT molecular complexity index is 530. The molecule has 0 aliphatic heterocycles. The molecular formula is C15H13ClN2. The summed E-state index contributed by atoms with van der Waals surface area (Å²) in [5, 5.41) is 4.83. The second-order valence-corrected chi connectivity index (χ2v) is 4.10. The quantitative estimate of drug-likeness (QED) is 0.634. The van der Waals surface area contributed by atoms with Crippen molar-refractivity contribution in [3.8, 4) is 0 Å². The van der Waals surface area contributed by atoms with Gasteiger partial charge >= 0.3 is 0 Å². The number of halogens is 1. The zero-order valence-electron chi connectivity index (χ0n) is 9.75. The van der Waals surface area contributed by atoms with E-state index in [0.717, 1.165) is 16.3 Å². The lowest BCUT2D eigenvalue weighted by Gasteiger charge is -1.96. The molecule has 2 rings (SSSR count). The molecule has 0 amide bonds. The molecule has 0 bridgehead atoms. The number of nitrogens with zero attached hydrogens (tertiary/aromatic N) is 1. The Morgan fingerprint density at radius 2 is 1.67 bits per heavy atom. The molecule has 0 saturated carbocycles. The van der Waals surface area contributed by atoms with E-state index in [2.05, 4.69) is 10.5 Å². The predicted octanol–water partition coefficient (Wildman–Crippen LogP) is 4.45. The molecule has 0 saturated heterocycles. The minimum Gasteiger partial charge on any atom is -0.279 e. The van der Waals surface area contributed by atoms with Gasteiger partial charge < -0.3 is 0 Å². The molecule has 0 radical (unpaired) electrons. The van der Waals surface area contributed by atoms with E-state index in [1.807, 2.05) is 66.7 Å². The van der Waals surface area contributed by atoms with Crippen LogP contribution in [0.1, 0.15) is 5.56 Å². The number of allylic oxidation sites excluding steroid dienone is 1. The number of rotatable bonds is 4. The van der Waals surface area contributed by atoms with Crippen LogP contribution in [0.15, 0.2) is 65.8 Å². The number of anilines is 1. The van der Waals surface area contributed by atoms with Crippen LogP contribution in [0.3, 0.4) is 0 Å². The molecule has 0 aliphatic rings. The molecule has 0 heterocycles. The molecule has 0 unspecified atom stereocenters. The van der Waals surface area contributed by atoms with Crippen LogP contribution in [0.5, 0.6) is 0 Å². The number of nitrogens with one attached hydrogen (secondary N) is 1. The van der Waals surface area contributed by atoms with Crippen molar-refractivity contribution in [3.63, 3.8) is 0 Å². The third kappa shape index (κ3) is 4.07. The van der Waals surface area contributed by atoms with Gasteiger partial charge in [-0.25, -0.2) is 0 Å². The average Bonchev–Trinajstić information content (AvgIpc) is 2.42. The maximum Gasteiger partial charge on any atom is 0.0561 e. The zero-order valence-corrected chi connectivity index (χ0v) is 10.5. The van der Waals surface area contributed by atoms with E-state index >= 15 is 0 Å². The van der Waals surface area contributed by atoms with E-state index in [4.69, 9.17) is 11.6 Å². The minimum atomic E-state index is 0.742. The highest BCUT2D eigenvalue weighted by atomic mass is 35.5.